The Kier molecular flexibility index (Phi) is 7.10. The maximum absolute atomic E-state index is 12.1. The van der Waals surface area contributed by atoms with E-state index in [2.05, 4.69) is 15.6 Å². The van der Waals surface area contributed by atoms with Crippen LogP contribution >= 0.6 is 11.3 Å². The van der Waals surface area contributed by atoms with Crippen LogP contribution in [0.25, 0.3) is 10.6 Å². The lowest BCUT2D eigenvalue weighted by Gasteiger charge is -2.14. The number of rotatable bonds is 9. The summed E-state index contributed by atoms with van der Waals surface area (Å²) in [5, 5.41) is 16.7. The number of hydrogen-bond acceptors (Lipinski definition) is 5. The molecule has 1 aromatic carbocycles. The van der Waals surface area contributed by atoms with Crippen molar-refractivity contribution in [1.82, 2.24) is 15.6 Å². The van der Waals surface area contributed by atoms with E-state index in [0.717, 1.165) is 10.6 Å². The van der Waals surface area contributed by atoms with Crippen LogP contribution in [-0.4, -0.2) is 40.6 Å². The Morgan fingerprint density at radius 2 is 1.96 bits per heavy atom. The van der Waals surface area contributed by atoms with Gasteiger partial charge in [-0.05, 0) is 12.8 Å². The first kappa shape index (κ1) is 19.4. The highest BCUT2D eigenvalue weighted by atomic mass is 32.1. The van der Waals surface area contributed by atoms with Gasteiger partial charge in [0.05, 0.1) is 12.1 Å². The SMILES string of the molecule is NC(=O)NCCC[C@@H](NC(=O)Cc1csc(-c2ccccc2)n1)C(=O)O. The number of amides is 3. The van der Waals surface area contributed by atoms with Crippen molar-refractivity contribution in [2.24, 2.45) is 5.73 Å². The molecule has 0 aliphatic carbocycles. The van der Waals surface area contributed by atoms with Crippen LogP contribution in [0, 0.1) is 0 Å². The lowest BCUT2D eigenvalue weighted by Crippen LogP contribution is -2.42. The Bertz CT molecular complexity index is 763. The highest BCUT2D eigenvalue weighted by Gasteiger charge is 2.20. The highest BCUT2D eigenvalue weighted by molar-refractivity contribution is 7.13. The minimum Gasteiger partial charge on any atom is -0.480 e. The Balaban J connectivity index is 1.87. The molecular formula is C17H20N4O4S. The molecule has 1 heterocycles. The fraction of sp³-hybridized carbons (Fsp3) is 0.294. The Morgan fingerprint density at radius 1 is 1.23 bits per heavy atom. The van der Waals surface area contributed by atoms with Crippen molar-refractivity contribution < 1.29 is 19.5 Å². The summed E-state index contributed by atoms with van der Waals surface area (Å²) in [6.45, 7) is 0.251. The predicted octanol–water partition coefficient (Wildman–Crippen LogP) is 1.37. The standard InChI is InChI=1S/C17H20N4O4S/c18-17(25)19-8-4-7-13(16(23)24)21-14(22)9-12-10-26-15(20-12)11-5-2-1-3-6-11/h1-3,5-6,10,13H,4,7-9H2,(H,21,22)(H,23,24)(H3,18,19,25)/t13-/m1/s1. The zero-order valence-electron chi connectivity index (χ0n) is 14.0. The minimum atomic E-state index is -1.12. The first-order chi connectivity index (χ1) is 12.5. The van der Waals surface area contributed by atoms with Crippen molar-refractivity contribution in [2.45, 2.75) is 25.3 Å². The number of nitrogens with two attached hydrogens (primary N) is 1. The molecule has 0 saturated carbocycles. The third kappa shape index (κ3) is 6.17. The summed E-state index contributed by atoms with van der Waals surface area (Å²) >= 11 is 1.43. The molecule has 3 amide bonds. The van der Waals surface area contributed by atoms with Crippen LogP contribution in [0.1, 0.15) is 18.5 Å². The quantitative estimate of drug-likeness (QED) is 0.490. The third-order valence-electron chi connectivity index (χ3n) is 3.52. The molecule has 1 atom stereocenters. The van der Waals surface area contributed by atoms with Crippen molar-refractivity contribution in [2.75, 3.05) is 6.54 Å². The molecule has 2 rings (SSSR count). The van der Waals surface area contributed by atoms with Crippen molar-refractivity contribution in [3.63, 3.8) is 0 Å². The number of aliphatic carboxylic acids is 1. The van der Waals surface area contributed by atoms with E-state index < -0.39 is 23.9 Å². The van der Waals surface area contributed by atoms with Crippen LogP contribution in [0.15, 0.2) is 35.7 Å². The van der Waals surface area contributed by atoms with Crippen molar-refractivity contribution >= 4 is 29.2 Å². The number of nitrogens with one attached hydrogen (secondary N) is 2. The summed E-state index contributed by atoms with van der Waals surface area (Å²) in [4.78, 5) is 38.4. The number of carboxylic acids is 1. The molecule has 1 aromatic heterocycles. The Labute approximate surface area is 154 Å². The number of carboxylic acid groups (broad SMARTS) is 1. The molecule has 0 aliphatic rings. The van der Waals surface area contributed by atoms with Gasteiger partial charge in [0.25, 0.3) is 0 Å². The molecule has 0 aliphatic heterocycles. The number of carbonyl (C=O) groups excluding carboxylic acids is 2. The Morgan fingerprint density at radius 3 is 2.62 bits per heavy atom. The van der Waals surface area contributed by atoms with Crippen molar-refractivity contribution in [3.05, 3.63) is 41.4 Å². The topological polar surface area (TPSA) is 134 Å². The average Bonchev–Trinajstić information content (AvgIpc) is 3.06. The average molecular weight is 376 g/mol. The monoisotopic (exact) mass is 376 g/mol. The van der Waals surface area contributed by atoms with Gasteiger partial charge < -0.3 is 21.5 Å². The minimum absolute atomic E-state index is 0.00660. The molecule has 0 unspecified atom stereocenters. The van der Waals surface area contributed by atoms with Gasteiger partial charge >= 0.3 is 12.0 Å². The third-order valence-corrected chi connectivity index (χ3v) is 4.46. The fourth-order valence-corrected chi connectivity index (χ4v) is 3.11. The first-order valence-electron chi connectivity index (χ1n) is 8.01. The lowest BCUT2D eigenvalue weighted by atomic mass is 10.1. The van der Waals surface area contributed by atoms with Gasteiger partial charge in [-0.3, -0.25) is 4.79 Å². The summed E-state index contributed by atoms with van der Waals surface area (Å²) in [5.74, 6) is -1.54. The largest absolute Gasteiger partial charge is 0.480 e. The number of thiazole rings is 1. The number of hydrogen-bond donors (Lipinski definition) is 4. The second-order valence-corrected chi connectivity index (χ2v) is 6.44. The van der Waals surface area contributed by atoms with E-state index in [0.29, 0.717) is 12.1 Å². The van der Waals surface area contributed by atoms with E-state index in [4.69, 9.17) is 5.73 Å². The van der Waals surface area contributed by atoms with Gasteiger partial charge in [-0.2, -0.15) is 0 Å². The summed E-state index contributed by atoms with van der Waals surface area (Å²) < 4.78 is 0. The van der Waals surface area contributed by atoms with Gasteiger partial charge in [-0.15, -0.1) is 11.3 Å². The first-order valence-corrected chi connectivity index (χ1v) is 8.89. The maximum Gasteiger partial charge on any atom is 0.326 e. The second kappa shape index (κ2) is 9.52. The van der Waals surface area contributed by atoms with Gasteiger partial charge in [0.15, 0.2) is 0 Å². The van der Waals surface area contributed by atoms with Gasteiger partial charge in [0.2, 0.25) is 5.91 Å². The maximum atomic E-state index is 12.1. The van der Waals surface area contributed by atoms with Crippen LogP contribution in [0.3, 0.4) is 0 Å². The van der Waals surface area contributed by atoms with E-state index in [1.54, 1.807) is 5.38 Å². The lowest BCUT2D eigenvalue weighted by molar-refractivity contribution is -0.141. The van der Waals surface area contributed by atoms with Gasteiger partial charge in [-0.25, -0.2) is 14.6 Å². The number of carbonyl (C=O) groups is 3. The summed E-state index contributed by atoms with van der Waals surface area (Å²) in [6.07, 6.45) is 0.579. The fourth-order valence-electron chi connectivity index (χ4n) is 2.29. The molecule has 0 saturated heterocycles. The molecule has 2 aromatic rings. The molecule has 5 N–H and O–H groups in total. The Hall–Kier alpha value is -2.94. The van der Waals surface area contributed by atoms with E-state index >= 15 is 0 Å². The van der Waals surface area contributed by atoms with Crippen molar-refractivity contribution in [1.29, 1.82) is 0 Å². The van der Waals surface area contributed by atoms with Gasteiger partial charge in [0.1, 0.15) is 11.0 Å². The number of nitrogens with zero attached hydrogens (tertiary/aromatic N) is 1. The molecule has 0 radical (unpaired) electrons. The van der Waals surface area contributed by atoms with Crippen LogP contribution in [0.2, 0.25) is 0 Å². The van der Waals surface area contributed by atoms with Crippen LogP contribution in [-0.2, 0) is 16.0 Å². The van der Waals surface area contributed by atoms with Gasteiger partial charge in [0, 0.05) is 17.5 Å². The molecule has 26 heavy (non-hydrogen) atoms. The molecule has 0 fully saturated rings. The number of primary amides is 1. The molecule has 9 heteroatoms. The number of aromatic nitrogens is 1. The molecule has 8 nitrogen and oxygen atoms in total. The van der Waals surface area contributed by atoms with Crippen LogP contribution < -0.4 is 16.4 Å². The van der Waals surface area contributed by atoms with E-state index in [1.807, 2.05) is 30.3 Å². The van der Waals surface area contributed by atoms with Crippen LogP contribution in [0.4, 0.5) is 4.79 Å². The van der Waals surface area contributed by atoms with E-state index in [9.17, 15) is 19.5 Å². The summed E-state index contributed by atoms with van der Waals surface area (Å²) in [7, 11) is 0. The number of urea groups is 1. The van der Waals surface area contributed by atoms with Gasteiger partial charge in [-0.1, -0.05) is 30.3 Å². The van der Waals surface area contributed by atoms with E-state index in [-0.39, 0.29) is 19.4 Å². The summed E-state index contributed by atoms with van der Waals surface area (Å²) in [5.41, 5.74) is 6.49. The zero-order valence-corrected chi connectivity index (χ0v) is 14.8. The van der Waals surface area contributed by atoms with Crippen molar-refractivity contribution in [3.8, 4) is 10.6 Å². The number of benzene rings is 1. The molecule has 138 valence electrons. The highest BCUT2D eigenvalue weighted by Crippen LogP contribution is 2.23. The van der Waals surface area contributed by atoms with Crippen LogP contribution in [0.5, 0.6) is 0 Å². The zero-order chi connectivity index (χ0) is 18.9. The normalized spacial score (nSPS) is 11.5. The van der Waals surface area contributed by atoms with E-state index in [1.165, 1.54) is 11.3 Å². The molecular weight excluding hydrogens is 356 g/mol. The summed E-state index contributed by atoms with van der Waals surface area (Å²) in [6, 6.07) is 7.91. The predicted molar refractivity (Wildman–Crippen MR) is 97.6 cm³/mol. The second-order valence-electron chi connectivity index (χ2n) is 5.58. The smallest absolute Gasteiger partial charge is 0.326 e. The molecule has 0 spiro atoms. The molecule has 0 bridgehead atoms.